The monoisotopic (exact) mass is 410 g/mol. The van der Waals surface area contributed by atoms with Gasteiger partial charge >= 0.3 is 6.09 Å². The lowest BCUT2D eigenvalue weighted by molar-refractivity contribution is 0.122. The molecule has 2 aliphatic rings. The Morgan fingerprint density at radius 1 is 1.17 bits per heavy atom. The van der Waals surface area contributed by atoms with Crippen molar-refractivity contribution in [2.45, 2.75) is 25.9 Å². The maximum absolute atomic E-state index is 10.7. The van der Waals surface area contributed by atoms with Gasteiger partial charge in [0.2, 0.25) is 0 Å². The van der Waals surface area contributed by atoms with Crippen LogP contribution in [0.25, 0.3) is 22.6 Å². The van der Waals surface area contributed by atoms with E-state index in [1.165, 1.54) is 12.8 Å². The molecule has 2 N–H and O–H groups in total. The molecule has 0 spiro atoms. The van der Waals surface area contributed by atoms with Gasteiger partial charge in [0, 0.05) is 32.0 Å². The molecule has 11 nitrogen and oxygen atoms in total. The fourth-order valence-electron chi connectivity index (χ4n) is 3.48. The fourth-order valence-corrected chi connectivity index (χ4v) is 3.48. The number of morpholine rings is 1. The Morgan fingerprint density at radius 2 is 1.93 bits per heavy atom. The van der Waals surface area contributed by atoms with Gasteiger partial charge in [-0.15, -0.1) is 0 Å². The summed E-state index contributed by atoms with van der Waals surface area (Å²) in [5.41, 5.74) is 2.28. The van der Waals surface area contributed by atoms with Gasteiger partial charge in [-0.1, -0.05) is 0 Å². The molecule has 0 atom stereocenters. The zero-order valence-electron chi connectivity index (χ0n) is 16.4. The molecule has 156 valence electrons. The molecule has 0 aromatic carbocycles. The highest BCUT2D eigenvalue weighted by Gasteiger charge is 2.25. The molecule has 11 heteroatoms. The lowest BCUT2D eigenvalue weighted by Gasteiger charge is -2.28. The number of imidazole rings is 1. The number of hydrogen-bond donors (Lipinski definition) is 2. The number of fused-ring (bicyclic) bond motifs is 1. The summed E-state index contributed by atoms with van der Waals surface area (Å²) in [6.07, 6.45) is 6.47. The average molecular weight is 410 g/mol. The third-order valence-corrected chi connectivity index (χ3v) is 5.27. The van der Waals surface area contributed by atoms with Crippen LogP contribution in [0.1, 0.15) is 18.7 Å². The van der Waals surface area contributed by atoms with Crippen LogP contribution in [0, 0.1) is 5.92 Å². The predicted molar refractivity (Wildman–Crippen MR) is 107 cm³/mol. The summed E-state index contributed by atoms with van der Waals surface area (Å²) in [6, 6.07) is 0. The Bertz CT molecular complexity index is 1060. The summed E-state index contributed by atoms with van der Waals surface area (Å²) >= 11 is 0. The van der Waals surface area contributed by atoms with E-state index < -0.39 is 6.09 Å². The minimum absolute atomic E-state index is 0.0443. The number of carboxylic acid groups (broad SMARTS) is 1. The van der Waals surface area contributed by atoms with E-state index in [1.807, 2.05) is 6.33 Å². The Balaban J connectivity index is 1.52. The van der Waals surface area contributed by atoms with Crippen LogP contribution in [-0.4, -0.2) is 67.0 Å². The van der Waals surface area contributed by atoms with Crippen molar-refractivity contribution in [3.05, 3.63) is 24.5 Å². The predicted octanol–water partition coefficient (Wildman–Crippen LogP) is 1.30. The molecule has 1 saturated heterocycles. The van der Waals surface area contributed by atoms with Crippen LogP contribution in [0.3, 0.4) is 0 Å². The molecule has 4 heterocycles. The summed E-state index contributed by atoms with van der Waals surface area (Å²) in [5, 5.41) is 11.0. The van der Waals surface area contributed by atoms with E-state index in [0.29, 0.717) is 36.3 Å². The first kappa shape index (κ1) is 18.7. The maximum Gasteiger partial charge on any atom is 0.405 e. The number of ether oxygens (including phenoxy) is 1. The van der Waals surface area contributed by atoms with Gasteiger partial charge in [-0.3, -0.25) is 0 Å². The SMILES string of the molecule is O=C(O)NCc1ncc(-c2nc(N3CCOCC3)c3ncn(CC4CC4)c3n2)cn1. The van der Waals surface area contributed by atoms with Crippen molar-refractivity contribution in [3.63, 3.8) is 0 Å². The quantitative estimate of drug-likeness (QED) is 0.617. The first-order valence-electron chi connectivity index (χ1n) is 10.0. The van der Waals surface area contributed by atoms with Crippen LogP contribution in [0.15, 0.2) is 18.7 Å². The van der Waals surface area contributed by atoms with Gasteiger partial charge in [0.15, 0.2) is 22.8 Å². The first-order chi connectivity index (χ1) is 14.7. The largest absolute Gasteiger partial charge is 0.465 e. The Kier molecular flexibility index (Phi) is 4.87. The van der Waals surface area contributed by atoms with Crippen molar-refractivity contribution < 1.29 is 14.6 Å². The lowest BCUT2D eigenvalue weighted by atomic mass is 10.3. The van der Waals surface area contributed by atoms with E-state index in [0.717, 1.165) is 36.6 Å². The first-order valence-corrected chi connectivity index (χ1v) is 10.0. The van der Waals surface area contributed by atoms with Crippen molar-refractivity contribution >= 4 is 23.1 Å². The topological polar surface area (TPSA) is 131 Å². The van der Waals surface area contributed by atoms with Crippen LogP contribution in [0.4, 0.5) is 10.6 Å². The van der Waals surface area contributed by atoms with Crippen molar-refractivity contribution in [2.24, 2.45) is 5.92 Å². The number of rotatable bonds is 6. The van der Waals surface area contributed by atoms with Gasteiger partial charge < -0.3 is 24.6 Å². The molecule has 1 amide bonds. The highest BCUT2D eigenvalue weighted by Crippen LogP contribution is 2.33. The molecule has 3 aromatic rings. The van der Waals surface area contributed by atoms with Gasteiger partial charge in [-0.2, -0.15) is 0 Å². The smallest absolute Gasteiger partial charge is 0.405 e. The van der Waals surface area contributed by atoms with Gasteiger partial charge in [-0.05, 0) is 18.8 Å². The minimum atomic E-state index is -1.12. The average Bonchev–Trinajstić information content (AvgIpc) is 3.51. The summed E-state index contributed by atoms with van der Waals surface area (Å²) in [6.45, 7) is 3.75. The van der Waals surface area contributed by atoms with Gasteiger partial charge in [-0.25, -0.2) is 29.7 Å². The van der Waals surface area contributed by atoms with Gasteiger partial charge in [0.05, 0.1) is 31.6 Å². The van der Waals surface area contributed by atoms with Crippen LogP contribution in [0.2, 0.25) is 0 Å². The van der Waals surface area contributed by atoms with E-state index in [-0.39, 0.29) is 6.54 Å². The minimum Gasteiger partial charge on any atom is -0.465 e. The molecule has 0 unspecified atom stereocenters. The highest BCUT2D eigenvalue weighted by atomic mass is 16.5. The van der Waals surface area contributed by atoms with Crippen molar-refractivity contribution in [1.29, 1.82) is 0 Å². The van der Waals surface area contributed by atoms with Crippen molar-refractivity contribution in [2.75, 3.05) is 31.2 Å². The summed E-state index contributed by atoms with van der Waals surface area (Å²) < 4.78 is 7.59. The van der Waals surface area contributed by atoms with Crippen LogP contribution >= 0.6 is 0 Å². The zero-order chi connectivity index (χ0) is 20.5. The number of amides is 1. The Labute approximate surface area is 172 Å². The third-order valence-electron chi connectivity index (χ3n) is 5.27. The Hall–Kier alpha value is -3.34. The third kappa shape index (κ3) is 3.88. The summed E-state index contributed by atoms with van der Waals surface area (Å²) in [4.78, 5) is 35.5. The molecule has 0 radical (unpaired) electrons. The van der Waals surface area contributed by atoms with E-state index in [4.69, 9.17) is 19.8 Å². The highest BCUT2D eigenvalue weighted by molar-refractivity contribution is 5.85. The van der Waals surface area contributed by atoms with E-state index in [9.17, 15) is 4.79 Å². The van der Waals surface area contributed by atoms with Crippen molar-refractivity contribution in [3.8, 4) is 11.4 Å². The number of hydrogen-bond acceptors (Lipinski definition) is 8. The summed E-state index contributed by atoms with van der Waals surface area (Å²) in [7, 11) is 0. The van der Waals surface area contributed by atoms with Crippen LogP contribution < -0.4 is 10.2 Å². The normalized spacial score (nSPS) is 16.7. The van der Waals surface area contributed by atoms with E-state index in [2.05, 4.69) is 29.7 Å². The van der Waals surface area contributed by atoms with Gasteiger partial charge in [0.25, 0.3) is 0 Å². The second kappa shape index (κ2) is 7.82. The number of nitrogens with zero attached hydrogens (tertiary/aromatic N) is 7. The number of aromatic nitrogens is 6. The lowest BCUT2D eigenvalue weighted by Crippen LogP contribution is -2.37. The molecule has 1 saturated carbocycles. The maximum atomic E-state index is 10.7. The second-order valence-corrected chi connectivity index (χ2v) is 7.53. The van der Waals surface area contributed by atoms with E-state index >= 15 is 0 Å². The van der Waals surface area contributed by atoms with E-state index in [1.54, 1.807) is 12.4 Å². The van der Waals surface area contributed by atoms with Gasteiger partial charge in [0.1, 0.15) is 5.82 Å². The van der Waals surface area contributed by atoms with Crippen molar-refractivity contribution in [1.82, 2.24) is 34.8 Å². The van der Waals surface area contributed by atoms with Crippen LogP contribution in [-0.2, 0) is 17.8 Å². The molecule has 1 aliphatic heterocycles. The fraction of sp³-hybridized carbons (Fsp3) is 0.474. The zero-order valence-corrected chi connectivity index (χ0v) is 16.4. The number of anilines is 1. The molecule has 1 aliphatic carbocycles. The summed E-state index contributed by atoms with van der Waals surface area (Å²) in [5.74, 6) is 2.40. The molecular formula is C19H22N8O3. The molecule has 0 bridgehead atoms. The molecular weight excluding hydrogens is 388 g/mol. The standard InChI is InChI=1S/C19H22N8O3/c28-19(29)22-9-14-20-7-13(8-21-14)16-24-17(26-3-5-30-6-4-26)15-18(25-16)27(11-23-15)10-12-1-2-12/h7-8,11-12,22H,1-6,9-10H2,(H,28,29). The number of carbonyl (C=O) groups is 1. The van der Waals surface area contributed by atoms with Crippen LogP contribution in [0.5, 0.6) is 0 Å². The number of nitrogens with one attached hydrogen (secondary N) is 1. The second-order valence-electron chi connectivity index (χ2n) is 7.53. The molecule has 2 fully saturated rings. The molecule has 5 rings (SSSR count). The Morgan fingerprint density at radius 3 is 2.63 bits per heavy atom. The molecule has 3 aromatic heterocycles. The molecule has 30 heavy (non-hydrogen) atoms.